The van der Waals surface area contributed by atoms with Gasteiger partial charge in [-0.3, -0.25) is 14.5 Å². The zero-order chi connectivity index (χ0) is 17.9. The van der Waals surface area contributed by atoms with Gasteiger partial charge in [0.15, 0.2) is 12.4 Å². The second-order valence-electron chi connectivity index (χ2n) is 4.58. The zero-order valence-electron chi connectivity index (χ0n) is 12.1. The molecule has 0 unspecified atom stereocenters. The fourth-order valence-corrected chi connectivity index (χ4v) is 3.33. The Bertz CT molecular complexity index is 739. The summed E-state index contributed by atoms with van der Waals surface area (Å²) >= 11 is 12.9. The molecule has 0 bridgehead atoms. The maximum Gasteiger partial charge on any atom is 0.341 e. The molecular weight excluding hydrogens is 377 g/mol. The summed E-state index contributed by atoms with van der Waals surface area (Å²) in [5.41, 5.74) is 0.483. The van der Waals surface area contributed by atoms with Crippen molar-refractivity contribution < 1.29 is 24.2 Å². The van der Waals surface area contributed by atoms with E-state index in [0.29, 0.717) is 5.56 Å². The van der Waals surface area contributed by atoms with Crippen molar-refractivity contribution in [3.63, 3.8) is 0 Å². The summed E-state index contributed by atoms with van der Waals surface area (Å²) in [5, 5.41) is 8.43. The smallest absolute Gasteiger partial charge is 0.341 e. The van der Waals surface area contributed by atoms with E-state index in [-0.39, 0.29) is 32.5 Å². The Hall–Kier alpha value is -1.96. The highest BCUT2D eigenvalue weighted by molar-refractivity contribution is 8.18. The number of carboxylic acids is 1. The Kier molecular flexibility index (Phi) is 5.93. The van der Waals surface area contributed by atoms with Crippen LogP contribution in [0.3, 0.4) is 0 Å². The van der Waals surface area contributed by atoms with E-state index < -0.39 is 18.5 Å². The van der Waals surface area contributed by atoms with Gasteiger partial charge in [-0.1, -0.05) is 29.3 Å². The molecule has 1 aliphatic rings. The number of nitrogens with zero attached hydrogens (tertiary/aromatic N) is 1. The lowest BCUT2D eigenvalue weighted by Crippen LogP contribution is -2.27. The molecule has 126 valence electrons. The van der Waals surface area contributed by atoms with Crippen LogP contribution in [0.5, 0.6) is 5.75 Å². The number of benzene rings is 1. The molecule has 9 heteroatoms. The summed E-state index contributed by atoms with van der Waals surface area (Å²) < 4.78 is 5.01. The van der Waals surface area contributed by atoms with Gasteiger partial charge in [0.25, 0.3) is 11.1 Å². The first-order chi connectivity index (χ1) is 11.3. The lowest BCUT2D eigenvalue weighted by Gasteiger charge is -2.09. The van der Waals surface area contributed by atoms with Crippen LogP contribution >= 0.6 is 35.0 Å². The molecular formula is C15H11Cl2NO5S. The van der Waals surface area contributed by atoms with Gasteiger partial charge in [0.2, 0.25) is 0 Å². The second kappa shape index (κ2) is 7.74. The van der Waals surface area contributed by atoms with Crippen molar-refractivity contribution in [2.24, 2.45) is 0 Å². The number of carbonyl (C=O) groups excluding carboxylic acids is 2. The summed E-state index contributed by atoms with van der Waals surface area (Å²) in [4.78, 5) is 35.7. The number of hydrogen-bond acceptors (Lipinski definition) is 5. The minimum atomic E-state index is -1.16. The van der Waals surface area contributed by atoms with Gasteiger partial charge in [0.05, 0.1) is 15.0 Å². The highest BCUT2D eigenvalue weighted by atomic mass is 35.5. The third-order valence-electron chi connectivity index (χ3n) is 2.84. The molecule has 0 radical (unpaired) electrons. The summed E-state index contributed by atoms with van der Waals surface area (Å²) in [7, 11) is 0. The van der Waals surface area contributed by atoms with Crippen LogP contribution in [0.25, 0.3) is 6.08 Å². The van der Waals surface area contributed by atoms with E-state index >= 15 is 0 Å². The number of hydrogen-bond donors (Lipinski definition) is 1. The van der Waals surface area contributed by atoms with Gasteiger partial charge in [-0.25, -0.2) is 4.79 Å². The van der Waals surface area contributed by atoms with E-state index in [9.17, 15) is 14.4 Å². The standard InChI is InChI=1S/C15H11Cl2NO5S/c1-2-3-18-14(21)11(24-15(18)22)6-8-4-9(16)13(10(17)5-8)23-7-12(19)20/h2,4-6H,1,3,7H2,(H,19,20)/b11-6+. The van der Waals surface area contributed by atoms with Gasteiger partial charge in [-0.2, -0.15) is 0 Å². The van der Waals surface area contributed by atoms with Crippen molar-refractivity contribution in [1.29, 1.82) is 0 Å². The van der Waals surface area contributed by atoms with Crippen LogP contribution in [0, 0.1) is 0 Å². The number of thioether (sulfide) groups is 1. The average Bonchev–Trinajstić information content (AvgIpc) is 2.74. The molecule has 1 aromatic carbocycles. The number of halogens is 2. The fourth-order valence-electron chi connectivity index (χ4n) is 1.87. The lowest BCUT2D eigenvalue weighted by atomic mass is 10.2. The molecule has 1 fully saturated rings. The number of imide groups is 1. The first-order valence-electron chi connectivity index (χ1n) is 6.53. The number of amides is 2. The van der Waals surface area contributed by atoms with Gasteiger partial charge in [-0.05, 0) is 35.5 Å². The summed E-state index contributed by atoms with van der Waals surface area (Å²) in [5.74, 6) is -1.55. The van der Waals surface area contributed by atoms with E-state index in [1.807, 2.05) is 0 Å². The van der Waals surface area contributed by atoms with Crippen molar-refractivity contribution in [3.8, 4) is 5.75 Å². The molecule has 2 amide bonds. The predicted molar refractivity (Wildman–Crippen MR) is 92.5 cm³/mol. The molecule has 0 spiro atoms. The van der Waals surface area contributed by atoms with Crippen LogP contribution in [0.15, 0.2) is 29.7 Å². The summed E-state index contributed by atoms with van der Waals surface area (Å²) in [6.45, 7) is 3.05. The Labute approximate surface area is 151 Å². The van der Waals surface area contributed by atoms with Gasteiger partial charge in [-0.15, -0.1) is 6.58 Å². The number of aliphatic carboxylic acids is 1. The van der Waals surface area contributed by atoms with Gasteiger partial charge < -0.3 is 9.84 Å². The second-order valence-corrected chi connectivity index (χ2v) is 6.38. The van der Waals surface area contributed by atoms with Crippen molar-refractivity contribution in [1.82, 2.24) is 4.90 Å². The molecule has 1 heterocycles. The first kappa shape index (κ1) is 18.4. The third kappa shape index (κ3) is 4.11. The van der Waals surface area contributed by atoms with E-state index in [1.54, 1.807) is 0 Å². The van der Waals surface area contributed by atoms with Crippen LogP contribution in [-0.2, 0) is 9.59 Å². The summed E-state index contributed by atoms with van der Waals surface area (Å²) in [6, 6.07) is 2.93. The molecule has 0 atom stereocenters. The molecule has 0 aliphatic carbocycles. The number of carbonyl (C=O) groups is 3. The van der Waals surface area contributed by atoms with Crippen LogP contribution in [0.2, 0.25) is 10.0 Å². The molecule has 6 nitrogen and oxygen atoms in total. The number of ether oxygens (including phenoxy) is 1. The largest absolute Gasteiger partial charge is 0.479 e. The van der Waals surface area contributed by atoms with Crippen molar-refractivity contribution in [3.05, 3.63) is 45.3 Å². The van der Waals surface area contributed by atoms with E-state index in [2.05, 4.69) is 6.58 Å². The Morgan fingerprint density at radius 3 is 2.50 bits per heavy atom. The fraction of sp³-hybridized carbons (Fsp3) is 0.133. The minimum absolute atomic E-state index is 0.0395. The topological polar surface area (TPSA) is 83.9 Å². The summed E-state index contributed by atoms with van der Waals surface area (Å²) in [6.07, 6.45) is 2.94. The molecule has 1 aromatic rings. The maximum atomic E-state index is 12.1. The van der Waals surface area contributed by atoms with E-state index in [1.165, 1.54) is 24.3 Å². The first-order valence-corrected chi connectivity index (χ1v) is 8.10. The predicted octanol–water partition coefficient (Wildman–Crippen LogP) is 3.68. The van der Waals surface area contributed by atoms with Gasteiger partial charge in [0, 0.05) is 6.54 Å². The van der Waals surface area contributed by atoms with E-state index in [0.717, 1.165) is 16.7 Å². The van der Waals surface area contributed by atoms with Gasteiger partial charge in [0.1, 0.15) is 0 Å². The van der Waals surface area contributed by atoms with Crippen LogP contribution in [0.1, 0.15) is 5.56 Å². The molecule has 0 saturated carbocycles. The molecule has 24 heavy (non-hydrogen) atoms. The molecule has 0 aromatic heterocycles. The normalized spacial score (nSPS) is 15.9. The average molecular weight is 388 g/mol. The highest BCUT2D eigenvalue weighted by Gasteiger charge is 2.34. The number of carboxylic acid groups (broad SMARTS) is 1. The third-order valence-corrected chi connectivity index (χ3v) is 4.31. The lowest BCUT2D eigenvalue weighted by molar-refractivity contribution is -0.139. The van der Waals surface area contributed by atoms with Crippen molar-refractivity contribution in [2.45, 2.75) is 0 Å². The Morgan fingerprint density at radius 1 is 1.33 bits per heavy atom. The SMILES string of the molecule is C=CCN1C(=O)S/C(=C/c2cc(Cl)c(OCC(=O)O)c(Cl)c2)C1=O. The maximum absolute atomic E-state index is 12.1. The van der Waals surface area contributed by atoms with Crippen LogP contribution in [-0.4, -0.2) is 40.3 Å². The van der Waals surface area contributed by atoms with Crippen molar-refractivity contribution >= 4 is 58.2 Å². The van der Waals surface area contributed by atoms with Gasteiger partial charge >= 0.3 is 5.97 Å². The Morgan fingerprint density at radius 2 is 1.96 bits per heavy atom. The molecule has 1 saturated heterocycles. The molecule has 1 aliphatic heterocycles. The van der Waals surface area contributed by atoms with Crippen molar-refractivity contribution in [2.75, 3.05) is 13.2 Å². The van der Waals surface area contributed by atoms with Crippen LogP contribution < -0.4 is 4.74 Å². The minimum Gasteiger partial charge on any atom is -0.479 e. The zero-order valence-corrected chi connectivity index (χ0v) is 14.5. The monoisotopic (exact) mass is 387 g/mol. The highest BCUT2D eigenvalue weighted by Crippen LogP contribution is 2.37. The molecule has 1 N–H and O–H groups in total. The van der Waals surface area contributed by atoms with Crippen LogP contribution in [0.4, 0.5) is 4.79 Å². The Balaban J connectivity index is 2.27. The number of rotatable bonds is 6. The molecule has 2 rings (SSSR count). The van der Waals surface area contributed by atoms with E-state index in [4.69, 9.17) is 33.0 Å². The quantitative estimate of drug-likeness (QED) is 0.591.